The molecule has 0 bridgehead atoms. The first-order chi connectivity index (χ1) is 13.6. The van der Waals surface area contributed by atoms with E-state index >= 15 is 0 Å². The molecule has 4 rings (SSSR count). The van der Waals surface area contributed by atoms with Crippen LogP contribution in [0.2, 0.25) is 0 Å². The van der Waals surface area contributed by atoms with E-state index in [0.29, 0.717) is 0 Å². The molecule has 4 nitrogen and oxygen atoms in total. The summed E-state index contributed by atoms with van der Waals surface area (Å²) < 4.78 is 0. The van der Waals surface area contributed by atoms with E-state index in [1.54, 1.807) is 0 Å². The third-order valence-electron chi connectivity index (χ3n) is 6.30. The van der Waals surface area contributed by atoms with Crippen LogP contribution in [-0.2, 0) is 0 Å². The van der Waals surface area contributed by atoms with Crippen LogP contribution in [0.4, 0.5) is 0 Å². The summed E-state index contributed by atoms with van der Waals surface area (Å²) in [5, 5.41) is 35.6. The normalized spacial score (nSPS) is 24.4. The molecule has 0 heterocycles. The van der Waals surface area contributed by atoms with Crippen molar-refractivity contribution in [3.05, 3.63) is 0 Å². The van der Waals surface area contributed by atoms with Crippen molar-refractivity contribution in [2.45, 2.75) is 153 Å². The first-order valence-corrected chi connectivity index (χ1v) is 12.3. The van der Waals surface area contributed by atoms with Gasteiger partial charge in [-0.05, 0) is 51.4 Å². The van der Waals surface area contributed by atoms with Crippen molar-refractivity contribution < 1.29 is 20.4 Å². The smallest absolute Gasteiger partial charge is 0.0540 e. The molecule has 0 aromatic heterocycles. The fraction of sp³-hybridized carbons (Fsp3) is 1.00. The van der Waals surface area contributed by atoms with E-state index in [-0.39, 0.29) is 24.4 Å². The van der Waals surface area contributed by atoms with Crippen molar-refractivity contribution in [1.82, 2.24) is 0 Å². The second kappa shape index (κ2) is 18.8. The van der Waals surface area contributed by atoms with Crippen molar-refractivity contribution in [2.24, 2.45) is 0 Å². The Bertz CT molecular complexity index is 255. The molecule has 0 spiro atoms. The largest absolute Gasteiger partial charge is 0.393 e. The Labute approximate surface area is 173 Å². The zero-order chi connectivity index (χ0) is 20.5. The average molecular weight is 668 g/mol. The summed E-state index contributed by atoms with van der Waals surface area (Å²) in [6.45, 7) is 0. The molecule has 5 heteroatoms. The summed E-state index contributed by atoms with van der Waals surface area (Å²) in [6, 6.07) is 0. The van der Waals surface area contributed by atoms with E-state index in [1.807, 2.05) is 0 Å². The van der Waals surface area contributed by atoms with Crippen molar-refractivity contribution >= 4 is 0 Å². The van der Waals surface area contributed by atoms with Crippen LogP contribution >= 0.6 is 0 Å². The van der Waals surface area contributed by atoms with Gasteiger partial charge in [0.15, 0.2) is 0 Å². The van der Waals surface area contributed by atoms with E-state index in [1.165, 1.54) is 77.0 Å². The molecule has 0 saturated heterocycles. The van der Waals surface area contributed by atoms with E-state index in [9.17, 15) is 0 Å². The number of hydrogen-bond acceptors (Lipinski definition) is 4. The second-order valence-corrected chi connectivity index (χ2v) is 9.17. The SMILES string of the molecule is OC1CCCCC1.OC1CCCCC1.OC1CCCCC1.OC1CCCCC1.[Rf]. The molecule has 0 aliphatic heterocycles. The van der Waals surface area contributed by atoms with Gasteiger partial charge in [-0.1, -0.05) is 77.0 Å². The van der Waals surface area contributed by atoms with E-state index in [4.69, 9.17) is 20.4 Å². The van der Waals surface area contributed by atoms with Gasteiger partial charge in [-0.25, -0.2) is 0 Å². The van der Waals surface area contributed by atoms with Crippen molar-refractivity contribution in [1.29, 1.82) is 0 Å². The summed E-state index contributed by atoms with van der Waals surface area (Å²) >= 11 is 0. The molecule has 0 amide bonds. The number of aliphatic hydroxyl groups excluding tert-OH is 4. The van der Waals surface area contributed by atoms with Gasteiger partial charge in [0, 0.05) is 0 Å². The summed E-state index contributed by atoms with van der Waals surface area (Å²) in [5.74, 6) is 0. The van der Waals surface area contributed by atoms with Crippen LogP contribution in [0.1, 0.15) is 128 Å². The number of aliphatic hydroxyl groups is 4. The van der Waals surface area contributed by atoms with Gasteiger partial charge in [0.1, 0.15) is 0 Å². The molecular weight excluding hydrogens is 619 g/mol. The zero-order valence-electron chi connectivity index (χ0n) is 18.9. The summed E-state index contributed by atoms with van der Waals surface area (Å²) in [5.41, 5.74) is 0. The molecule has 4 saturated carbocycles. The van der Waals surface area contributed by atoms with Crippen LogP contribution in [0.25, 0.3) is 0 Å². The fourth-order valence-corrected chi connectivity index (χ4v) is 4.32. The van der Waals surface area contributed by atoms with Gasteiger partial charge >= 0.3 is 0 Å². The molecule has 4 aliphatic carbocycles. The van der Waals surface area contributed by atoms with Gasteiger partial charge in [-0.3, -0.25) is 0 Å². The Morgan fingerprint density at radius 3 is 0.483 bits per heavy atom. The fourth-order valence-electron chi connectivity index (χ4n) is 4.32. The van der Waals surface area contributed by atoms with Crippen molar-refractivity contribution in [3.8, 4) is 0 Å². The molecule has 4 aliphatic rings. The van der Waals surface area contributed by atoms with Gasteiger partial charge in [-0.15, -0.1) is 0 Å². The Morgan fingerprint density at radius 2 is 0.414 bits per heavy atom. The van der Waals surface area contributed by atoms with E-state index < -0.39 is 0 Å². The molecular formula is C24H48O4Rf. The first kappa shape index (κ1) is 27.8. The first-order valence-electron chi connectivity index (χ1n) is 12.3. The van der Waals surface area contributed by atoms with Gasteiger partial charge in [-0.2, -0.15) is 0 Å². The monoisotopic (exact) mass is 667 g/mol. The molecule has 4 N–H and O–H groups in total. The van der Waals surface area contributed by atoms with Crippen molar-refractivity contribution in [2.75, 3.05) is 0 Å². The van der Waals surface area contributed by atoms with Crippen LogP contribution in [0.5, 0.6) is 0 Å². The summed E-state index contributed by atoms with van der Waals surface area (Å²) in [7, 11) is 0. The molecule has 0 aromatic rings. The minimum Gasteiger partial charge on any atom is -0.393 e. The Balaban J connectivity index is 0.000000356. The van der Waals surface area contributed by atoms with Crippen LogP contribution in [0.3, 0.4) is 0 Å². The standard InChI is InChI=1S/4C6H12O.Rf/c4*7-6-4-2-1-3-5-6;/h4*6-7H,1-5H2;. The maximum Gasteiger partial charge on any atom is 0.0540 e. The second-order valence-electron chi connectivity index (χ2n) is 9.17. The van der Waals surface area contributed by atoms with Crippen LogP contribution in [0, 0.1) is 0 Å². The van der Waals surface area contributed by atoms with Gasteiger partial charge in [0.2, 0.25) is 0 Å². The molecule has 170 valence electrons. The molecule has 0 aromatic carbocycles. The Kier molecular flexibility index (Phi) is 18.1. The quantitative estimate of drug-likeness (QED) is 0.285. The topological polar surface area (TPSA) is 80.9 Å². The molecule has 29 heavy (non-hydrogen) atoms. The summed E-state index contributed by atoms with van der Waals surface area (Å²) in [4.78, 5) is 0. The number of rotatable bonds is 0. The third-order valence-corrected chi connectivity index (χ3v) is 6.30. The zero-order valence-corrected chi connectivity index (χ0v) is 25.3. The Morgan fingerprint density at radius 1 is 0.276 bits per heavy atom. The van der Waals surface area contributed by atoms with Crippen LogP contribution < -0.4 is 0 Å². The van der Waals surface area contributed by atoms with E-state index in [2.05, 4.69) is 0 Å². The number of hydrogen-bond donors (Lipinski definition) is 4. The van der Waals surface area contributed by atoms with Gasteiger partial charge in [0.05, 0.1) is 24.4 Å². The molecule has 0 atom stereocenters. The third kappa shape index (κ3) is 17.4. The predicted octanol–water partition coefficient (Wildman–Crippen LogP) is 5.25. The Hall–Kier alpha value is -1.16. The van der Waals surface area contributed by atoms with E-state index in [0.717, 1.165) is 51.4 Å². The molecule has 4 fully saturated rings. The average Bonchev–Trinajstić information content (AvgIpc) is 2.72. The molecule has 0 unspecified atom stereocenters. The maximum absolute atomic E-state index is 8.91. The van der Waals surface area contributed by atoms with Gasteiger partial charge < -0.3 is 20.4 Å². The van der Waals surface area contributed by atoms with Crippen LogP contribution in [0.15, 0.2) is 0 Å². The summed E-state index contributed by atoms with van der Waals surface area (Å²) in [6.07, 6.45) is 23.7. The van der Waals surface area contributed by atoms with Gasteiger partial charge in [0.25, 0.3) is 0 Å². The molecule has 0 radical (unpaired) electrons. The predicted molar refractivity (Wildman–Crippen MR) is 116 cm³/mol. The minimum absolute atomic E-state index is 0. The minimum atomic E-state index is 0. The van der Waals surface area contributed by atoms with Crippen LogP contribution in [-0.4, -0.2) is 44.8 Å². The maximum atomic E-state index is 8.91. The van der Waals surface area contributed by atoms with Crippen molar-refractivity contribution in [3.63, 3.8) is 0 Å².